The first-order valence-electron chi connectivity index (χ1n) is 7.03. The minimum atomic E-state index is -0.660. The molecule has 0 radical (unpaired) electrons. The van der Waals surface area contributed by atoms with Gasteiger partial charge in [-0.3, -0.25) is 10.1 Å². The molecule has 0 atom stereocenters. The van der Waals surface area contributed by atoms with Crippen LogP contribution in [0.5, 0.6) is 0 Å². The smallest absolute Gasteiger partial charge is 0.339 e. The Kier molecular flexibility index (Phi) is 5.24. The number of carbonyl (C=O) groups is 1. The van der Waals surface area contributed by atoms with Crippen molar-refractivity contribution in [3.8, 4) is 0 Å². The zero-order chi connectivity index (χ0) is 16.8. The van der Waals surface area contributed by atoms with Crippen LogP contribution in [-0.2, 0) is 11.2 Å². The molecule has 1 aromatic carbocycles. The number of carbonyl (C=O) groups excluding carboxylic acids is 1. The second-order valence-corrected chi connectivity index (χ2v) is 5.01. The van der Waals surface area contributed by atoms with Crippen molar-refractivity contribution < 1.29 is 14.5 Å². The van der Waals surface area contributed by atoms with Gasteiger partial charge < -0.3 is 10.1 Å². The number of benzene rings is 1. The molecule has 0 aliphatic carbocycles. The van der Waals surface area contributed by atoms with Crippen molar-refractivity contribution in [2.75, 3.05) is 19.0 Å². The highest BCUT2D eigenvalue weighted by atomic mass is 16.6. The SMILES string of the molecule is COC(=O)c1cnc(NCCc2cccc(C)c2)c([N+](=O)[O-])c1. The third kappa shape index (κ3) is 4.26. The van der Waals surface area contributed by atoms with E-state index in [1.54, 1.807) is 0 Å². The number of nitrogens with one attached hydrogen (secondary N) is 1. The zero-order valence-corrected chi connectivity index (χ0v) is 12.9. The van der Waals surface area contributed by atoms with Gasteiger partial charge in [0.1, 0.15) is 0 Å². The van der Waals surface area contributed by atoms with Crippen LogP contribution in [0.3, 0.4) is 0 Å². The quantitative estimate of drug-likeness (QED) is 0.500. The van der Waals surface area contributed by atoms with E-state index in [0.29, 0.717) is 13.0 Å². The van der Waals surface area contributed by atoms with Crippen molar-refractivity contribution in [2.45, 2.75) is 13.3 Å². The third-order valence-electron chi connectivity index (χ3n) is 3.27. The summed E-state index contributed by atoms with van der Waals surface area (Å²) >= 11 is 0. The first-order valence-corrected chi connectivity index (χ1v) is 7.03. The highest BCUT2D eigenvalue weighted by Gasteiger charge is 2.19. The van der Waals surface area contributed by atoms with E-state index in [4.69, 9.17) is 0 Å². The lowest BCUT2D eigenvalue weighted by atomic mass is 10.1. The van der Waals surface area contributed by atoms with E-state index >= 15 is 0 Å². The summed E-state index contributed by atoms with van der Waals surface area (Å²) < 4.78 is 4.54. The normalized spacial score (nSPS) is 10.2. The first kappa shape index (κ1) is 16.4. The molecule has 7 nitrogen and oxygen atoms in total. The number of hydrogen-bond acceptors (Lipinski definition) is 6. The van der Waals surface area contributed by atoms with E-state index in [1.165, 1.54) is 13.3 Å². The summed E-state index contributed by atoms with van der Waals surface area (Å²) in [6.45, 7) is 2.50. The van der Waals surface area contributed by atoms with E-state index in [2.05, 4.69) is 21.1 Å². The van der Waals surface area contributed by atoms with Gasteiger partial charge in [0.05, 0.1) is 17.6 Å². The summed E-state index contributed by atoms with van der Waals surface area (Å²) in [6, 6.07) is 9.19. The van der Waals surface area contributed by atoms with E-state index in [-0.39, 0.29) is 17.1 Å². The number of rotatable bonds is 6. The van der Waals surface area contributed by atoms with Crippen molar-refractivity contribution in [2.24, 2.45) is 0 Å². The molecule has 0 aliphatic heterocycles. The maximum atomic E-state index is 11.4. The van der Waals surface area contributed by atoms with Crippen LogP contribution < -0.4 is 5.32 Å². The molecular formula is C16H17N3O4. The number of ether oxygens (including phenoxy) is 1. The predicted octanol–water partition coefficient (Wildman–Crippen LogP) is 2.74. The van der Waals surface area contributed by atoms with Gasteiger partial charge >= 0.3 is 11.7 Å². The summed E-state index contributed by atoms with van der Waals surface area (Å²) in [5.74, 6) is -0.526. The molecule has 0 aliphatic rings. The molecule has 23 heavy (non-hydrogen) atoms. The molecule has 120 valence electrons. The highest BCUT2D eigenvalue weighted by molar-refractivity contribution is 5.90. The molecule has 1 heterocycles. The highest BCUT2D eigenvalue weighted by Crippen LogP contribution is 2.23. The van der Waals surface area contributed by atoms with Crippen LogP contribution in [-0.4, -0.2) is 29.5 Å². The summed E-state index contributed by atoms with van der Waals surface area (Å²) in [5.41, 5.74) is 2.08. The Morgan fingerprint density at radius 3 is 2.83 bits per heavy atom. The molecule has 0 spiro atoms. The van der Waals surface area contributed by atoms with Gasteiger partial charge in [-0.15, -0.1) is 0 Å². The topological polar surface area (TPSA) is 94.4 Å². The lowest BCUT2D eigenvalue weighted by Gasteiger charge is -2.08. The first-order chi connectivity index (χ1) is 11.0. The van der Waals surface area contributed by atoms with E-state index < -0.39 is 10.9 Å². The van der Waals surface area contributed by atoms with Gasteiger partial charge in [-0.05, 0) is 18.9 Å². The Morgan fingerprint density at radius 1 is 1.39 bits per heavy atom. The zero-order valence-electron chi connectivity index (χ0n) is 12.9. The molecule has 1 N–H and O–H groups in total. The standard InChI is InChI=1S/C16H17N3O4/c1-11-4-3-5-12(8-11)6-7-17-15-14(19(21)22)9-13(10-18-15)16(20)23-2/h3-5,8-10H,6-7H2,1-2H3,(H,17,18). The van der Waals surface area contributed by atoms with Crippen molar-refractivity contribution in [1.82, 2.24) is 4.98 Å². The Morgan fingerprint density at radius 2 is 2.17 bits per heavy atom. The van der Waals surface area contributed by atoms with Gasteiger partial charge in [-0.1, -0.05) is 29.8 Å². The molecule has 2 rings (SSSR count). The molecule has 2 aromatic rings. The van der Waals surface area contributed by atoms with E-state index in [0.717, 1.165) is 17.2 Å². The Bertz CT molecular complexity index is 731. The molecule has 0 fully saturated rings. The molecule has 0 bridgehead atoms. The van der Waals surface area contributed by atoms with Gasteiger partial charge in [0.15, 0.2) is 0 Å². The van der Waals surface area contributed by atoms with Gasteiger partial charge in [0.2, 0.25) is 5.82 Å². The summed E-state index contributed by atoms with van der Waals surface area (Å²) in [5, 5.41) is 14.1. The Hall–Kier alpha value is -2.96. The largest absolute Gasteiger partial charge is 0.465 e. The molecule has 0 amide bonds. The number of aromatic nitrogens is 1. The number of aryl methyl sites for hydroxylation is 1. The van der Waals surface area contributed by atoms with Crippen LogP contribution in [0, 0.1) is 17.0 Å². The van der Waals surface area contributed by atoms with Crippen LogP contribution >= 0.6 is 0 Å². The lowest BCUT2D eigenvalue weighted by molar-refractivity contribution is -0.384. The Labute approximate surface area is 133 Å². The summed E-state index contributed by atoms with van der Waals surface area (Å²) in [6.07, 6.45) is 1.97. The fraction of sp³-hybridized carbons (Fsp3) is 0.250. The van der Waals surface area contributed by atoms with Gasteiger partial charge in [0.25, 0.3) is 0 Å². The maximum absolute atomic E-state index is 11.4. The fourth-order valence-electron chi connectivity index (χ4n) is 2.15. The molecule has 7 heteroatoms. The van der Waals surface area contributed by atoms with E-state index in [9.17, 15) is 14.9 Å². The van der Waals surface area contributed by atoms with Crippen molar-refractivity contribution in [3.63, 3.8) is 0 Å². The average Bonchev–Trinajstić information content (AvgIpc) is 2.54. The van der Waals surface area contributed by atoms with Gasteiger partial charge in [0, 0.05) is 18.8 Å². The second kappa shape index (κ2) is 7.35. The molecule has 0 saturated heterocycles. The molecule has 0 saturated carbocycles. The minimum absolute atomic E-state index is 0.0448. The monoisotopic (exact) mass is 315 g/mol. The number of esters is 1. The fourth-order valence-corrected chi connectivity index (χ4v) is 2.15. The minimum Gasteiger partial charge on any atom is -0.465 e. The summed E-state index contributed by atoms with van der Waals surface area (Å²) in [7, 11) is 1.21. The van der Waals surface area contributed by atoms with Crippen LogP contribution in [0.1, 0.15) is 21.5 Å². The number of anilines is 1. The summed E-state index contributed by atoms with van der Waals surface area (Å²) in [4.78, 5) is 26.0. The molecule has 0 unspecified atom stereocenters. The number of nitro groups is 1. The number of nitrogens with zero attached hydrogens (tertiary/aromatic N) is 2. The van der Waals surface area contributed by atoms with Crippen LogP contribution in [0.4, 0.5) is 11.5 Å². The van der Waals surface area contributed by atoms with Gasteiger partial charge in [-0.25, -0.2) is 9.78 Å². The predicted molar refractivity (Wildman–Crippen MR) is 85.6 cm³/mol. The maximum Gasteiger partial charge on any atom is 0.339 e. The molecule has 1 aromatic heterocycles. The van der Waals surface area contributed by atoms with Crippen LogP contribution in [0.25, 0.3) is 0 Å². The average molecular weight is 315 g/mol. The van der Waals surface area contributed by atoms with Crippen molar-refractivity contribution >= 4 is 17.5 Å². The van der Waals surface area contributed by atoms with Gasteiger partial charge in [-0.2, -0.15) is 0 Å². The van der Waals surface area contributed by atoms with Crippen molar-refractivity contribution in [1.29, 1.82) is 0 Å². The van der Waals surface area contributed by atoms with Crippen molar-refractivity contribution in [3.05, 3.63) is 63.3 Å². The molecular weight excluding hydrogens is 298 g/mol. The number of hydrogen-bond donors (Lipinski definition) is 1. The second-order valence-electron chi connectivity index (χ2n) is 5.01. The Balaban J connectivity index is 2.10. The van der Waals surface area contributed by atoms with Crippen LogP contribution in [0.15, 0.2) is 36.5 Å². The van der Waals surface area contributed by atoms with Crippen LogP contribution in [0.2, 0.25) is 0 Å². The lowest BCUT2D eigenvalue weighted by Crippen LogP contribution is -2.10. The number of methoxy groups -OCH3 is 1. The van der Waals surface area contributed by atoms with E-state index in [1.807, 2.05) is 25.1 Å². The third-order valence-corrected chi connectivity index (χ3v) is 3.27. The number of pyridine rings is 1.